The molecule has 5 heteroatoms. The number of fused-ring (bicyclic) bond motifs is 1. The quantitative estimate of drug-likeness (QED) is 0.815. The summed E-state index contributed by atoms with van der Waals surface area (Å²) < 4.78 is 17.7. The first kappa shape index (κ1) is 14.4. The van der Waals surface area contributed by atoms with Crippen LogP contribution in [0.4, 0.5) is 0 Å². The second-order valence-corrected chi connectivity index (χ2v) is 7.33. The van der Waals surface area contributed by atoms with Gasteiger partial charge >= 0.3 is 0 Å². The van der Waals surface area contributed by atoms with Crippen LogP contribution in [-0.4, -0.2) is 68.2 Å². The van der Waals surface area contributed by atoms with Crippen molar-refractivity contribution in [3.63, 3.8) is 0 Å². The van der Waals surface area contributed by atoms with Crippen molar-refractivity contribution in [2.75, 3.05) is 39.5 Å². The van der Waals surface area contributed by atoms with Gasteiger partial charge in [-0.25, -0.2) is 0 Å². The molecule has 0 bridgehead atoms. The molecule has 5 nitrogen and oxygen atoms in total. The van der Waals surface area contributed by atoms with Crippen molar-refractivity contribution in [3.05, 3.63) is 0 Å². The normalized spacial score (nSPS) is 45.9. The van der Waals surface area contributed by atoms with Crippen LogP contribution in [0.3, 0.4) is 0 Å². The summed E-state index contributed by atoms with van der Waals surface area (Å²) in [4.78, 5) is 2.59. The molecular weight excluding hydrogens is 268 g/mol. The fraction of sp³-hybridized carbons (Fsp3) is 1.00. The first-order chi connectivity index (χ1) is 10.3. The summed E-state index contributed by atoms with van der Waals surface area (Å²) in [5, 5.41) is 0. The summed E-state index contributed by atoms with van der Waals surface area (Å²) in [6, 6.07) is 0.783. The van der Waals surface area contributed by atoms with E-state index in [1.54, 1.807) is 0 Å². The number of morpholine rings is 1. The lowest BCUT2D eigenvalue weighted by molar-refractivity contribution is -0.120. The van der Waals surface area contributed by atoms with Crippen LogP contribution in [0, 0.1) is 5.92 Å². The number of nitrogens with zero attached hydrogens (tertiary/aromatic N) is 1. The van der Waals surface area contributed by atoms with Crippen molar-refractivity contribution in [2.24, 2.45) is 11.7 Å². The Labute approximate surface area is 127 Å². The highest BCUT2D eigenvalue weighted by molar-refractivity contribution is 4.97. The molecule has 5 atom stereocenters. The molecule has 4 fully saturated rings. The Bertz CT molecular complexity index is 373. The molecule has 0 aromatic heterocycles. The summed E-state index contributed by atoms with van der Waals surface area (Å²) in [6.07, 6.45) is 5.93. The van der Waals surface area contributed by atoms with E-state index in [4.69, 9.17) is 19.9 Å². The summed E-state index contributed by atoms with van der Waals surface area (Å²) in [6.45, 7) is 5.51. The van der Waals surface area contributed by atoms with Crippen LogP contribution in [0.25, 0.3) is 0 Å². The van der Waals surface area contributed by atoms with E-state index in [-0.39, 0.29) is 17.7 Å². The standard InChI is InChI=1S/C16H28N2O3/c17-15(14-9-18-5-1-2-13(18)10-20-14)12-3-6-21-16(8-12)4-7-19-11-16/h12-15H,1-11,17H2. The third kappa shape index (κ3) is 2.75. The molecule has 5 unspecified atom stereocenters. The number of ether oxygens (including phenoxy) is 3. The molecule has 2 N–H and O–H groups in total. The topological polar surface area (TPSA) is 57.0 Å². The van der Waals surface area contributed by atoms with Crippen LogP contribution in [0.15, 0.2) is 0 Å². The van der Waals surface area contributed by atoms with Crippen LogP contribution in [0.5, 0.6) is 0 Å². The molecule has 0 radical (unpaired) electrons. The molecule has 21 heavy (non-hydrogen) atoms. The van der Waals surface area contributed by atoms with Crippen molar-refractivity contribution < 1.29 is 14.2 Å². The van der Waals surface area contributed by atoms with E-state index < -0.39 is 0 Å². The molecule has 0 aromatic rings. The Morgan fingerprint density at radius 2 is 2.19 bits per heavy atom. The zero-order valence-electron chi connectivity index (χ0n) is 12.8. The van der Waals surface area contributed by atoms with Crippen molar-refractivity contribution in [3.8, 4) is 0 Å². The average Bonchev–Trinajstić information content (AvgIpc) is 3.15. The Hall–Kier alpha value is -0.200. The van der Waals surface area contributed by atoms with Gasteiger partial charge < -0.3 is 19.9 Å². The fourth-order valence-corrected chi connectivity index (χ4v) is 4.64. The number of rotatable bonds is 2. The molecule has 1 spiro atoms. The number of hydrogen-bond acceptors (Lipinski definition) is 5. The third-order valence-corrected chi connectivity index (χ3v) is 5.99. The van der Waals surface area contributed by atoms with Crippen LogP contribution >= 0.6 is 0 Å². The molecular formula is C16H28N2O3. The van der Waals surface area contributed by atoms with Gasteiger partial charge in [0, 0.05) is 38.3 Å². The maximum atomic E-state index is 6.61. The van der Waals surface area contributed by atoms with E-state index in [0.717, 1.165) is 52.2 Å². The lowest BCUT2D eigenvalue weighted by Crippen LogP contribution is -2.57. The largest absolute Gasteiger partial charge is 0.378 e. The molecule has 120 valence electrons. The van der Waals surface area contributed by atoms with Crippen molar-refractivity contribution in [1.82, 2.24) is 4.90 Å². The van der Waals surface area contributed by atoms with Gasteiger partial charge in [0.05, 0.1) is 24.9 Å². The minimum absolute atomic E-state index is 0.0502. The Morgan fingerprint density at radius 3 is 3.05 bits per heavy atom. The van der Waals surface area contributed by atoms with E-state index in [1.165, 1.54) is 19.4 Å². The Kier molecular flexibility index (Phi) is 3.96. The van der Waals surface area contributed by atoms with Gasteiger partial charge in [0.15, 0.2) is 0 Å². The highest BCUT2D eigenvalue weighted by Gasteiger charge is 2.45. The van der Waals surface area contributed by atoms with Gasteiger partial charge in [-0.1, -0.05) is 0 Å². The summed E-state index contributed by atoms with van der Waals surface area (Å²) >= 11 is 0. The van der Waals surface area contributed by atoms with Gasteiger partial charge in [-0.15, -0.1) is 0 Å². The SMILES string of the molecule is NC(C1CCOC2(CCOC2)C1)C1CN2CCCC2CO1. The molecule has 4 aliphatic heterocycles. The van der Waals surface area contributed by atoms with Crippen LogP contribution in [0.2, 0.25) is 0 Å². The first-order valence-electron chi connectivity index (χ1n) is 8.59. The predicted molar refractivity (Wildman–Crippen MR) is 79.2 cm³/mol. The lowest BCUT2D eigenvalue weighted by atomic mass is 9.79. The Balaban J connectivity index is 1.38. The highest BCUT2D eigenvalue weighted by atomic mass is 16.6. The molecule has 0 aliphatic carbocycles. The summed E-state index contributed by atoms with van der Waals surface area (Å²) in [5.74, 6) is 0.504. The first-order valence-corrected chi connectivity index (χ1v) is 8.59. The van der Waals surface area contributed by atoms with Gasteiger partial charge in [-0.3, -0.25) is 4.90 Å². The van der Waals surface area contributed by atoms with E-state index in [1.807, 2.05) is 0 Å². The second-order valence-electron chi connectivity index (χ2n) is 7.33. The van der Waals surface area contributed by atoms with Crippen LogP contribution in [0.1, 0.15) is 32.1 Å². The van der Waals surface area contributed by atoms with Gasteiger partial charge in [0.25, 0.3) is 0 Å². The smallest absolute Gasteiger partial charge is 0.0939 e. The lowest BCUT2D eigenvalue weighted by Gasteiger charge is -2.44. The van der Waals surface area contributed by atoms with Gasteiger partial charge in [0.1, 0.15) is 0 Å². The molecule has 4 heterocycles. The number of nitrogens with two attached hydrogens (primary N) is 1. The number of hydrogen-bond donors (Lipinski definition) is 1. The molecule has 0 amide bonds. The minimum atomic E-state index is -0.0502. The van der Waals surface area contributed by atoms with Gasteiger partial charge in [0.2, 0.25) is 0 Å². The van der Waals surface area contributed by atoms with Crippen LogP contribution < -0.4 is 5.73 Å². The van der Waals surface area contributed by atoms with Gasteiger partial charge in [-0.2, -0.15) is 0 Å². The molecule has 0 aromatic carbocycles. The zero-order chi connectivity index (χ0) is 14.3. The van der Waals surface area contributed by atoms with E-state index >= 15 is 0 Å². The molecule has 4 saturated heterocycles. The molecule has 4 aliphatic rings. The Morgan fingerprint density at radius 1 is 1.24 bits per heavy atom. The van der Waals surface area contributed by atoms with Gasteiger partial charge in [-0.05, 0) is 38.1 Å². The zero-order valence-corrected chi connectivity index (χ0v) is 12.8. The minimum Gasteiger partial charge on any atom is -0.378 e. The fourth-order valence-electron chi connectivity index (χ4n) is 4.64. The van der Waals surface area contributed by atoms with Crippen molar-refractivity contribution in [1.29, 1.82) is 0 Å². The maximum Gasteiger partial charge on any atom is 0.0939 e. The van der Waals surface area contributed by atoms with E-state index in [9.17, 15) is 0 Å². The molecule has 4 rings (SSSR count). The highest BCUT2D eigenvalue weighted by Crippen LogP contribution is 2.38. The monoisotopic (exact) mass is 296 g/mol. The molecule has 0 saturated carbocycles. The second kappa shape index (κ2) is 5.78. The predicted octanol–water partition coefficient (Wildman–Crippen LogP) is 0.763. The third-order valence-electron chi connectivity index (χ3n) is 5.99. The maximum absolute atomic E-state index is 6.61. The summed E-state index contributed by atoms with van der Waals surface area (Å²) in [5.41, 5.74) is 6.56. The summed E-state index contributed by atoms with van der Waals surface area (Å²) in [7, 11) is 0. The van der Waals surface area contributed by atoms with E-state index in [0.29, 0.717) is 12.0 Å². The average molecular weight is 296 g/mol. The van der Waals surface area contributed by atoms with Crippen molar-refractivity contribution >= 4 is 0 Å². The van der Waals surface area contributed by atoms with Crippen molar-refractivity contribution in [2.45, 2.75) is 55.9 Å². The van der Waals surface area contributed by atoms with E-state index in [2.05, 4.69) is 4.90 Å². The van der Waals surface area contributed by atoms with Crippen LogP contribution in [-0.2, 0) is 14.2 Å².